The third kappa shape index (κ3) is 1.43. The van der Waals surface area contributed by atoms with Crippen LogP contribution in [0.2, 0.25) is 0 Å². The predicted molar refractivity (Wildman–Crippen MR) is 40.0 cm³/mol. The van der Waals surface area contributed by atoms with E-state index in [-0.39, 0.29) is 11.4 Å². The molecule has 0 saturated carbocycles. The zero-order valence-electron chi connectivity index (χ0n) is 5.94. The van der Waals surface area contributed by atoms with E-state index in [1.807, 2.05) is 0 Å². The van der Waals surface area contributed by atoms with E-state index >= 15 is 0 Å². The number of hydrogen-bond acceptors (Lipinski definition) is 4. The molecular formula is C6H7N3O2. The molecule has 5 nitrogen and oxygen atoms in total. The fourth-order valence-electron chi connectivity index (χ4n) is 0.726. The zero-order chi connectivity index (χ0) is 8.43. The van der Waals surface area contributed by atoms with Crippen molar-refractivity contribution >= 4 is 11.4 Å². The van der Waals surface area contributed by atoms with Crippen LogP contribution in [0.25, 0.3) is 0 Å². The second kappa shape index (κ2) is 2.53. The molecule has 0 atom stereocenters. The maximum absolute atomic E-state index is 10.2. The quantitative estimate of drug-likeness (QED) is 0.479. The Morgan fingerprint density at radius 1 is 1.73 bits per heavy atom. The summed E-state index contributed by atoms with van der Waals surface area (Å²) in [4.78, 5) is 13.4. The Labute approximate surface area is 63.0 Å². The van der Waals surface area contributed by atoms with Crippen molar-refractivity contribution in [1.29, 1.82) is 0 Å². The van der Waals surface area contributed by atoms with Crippen molar-refractivity contribution in [3.05, 3.63) is 28.1 Å². The number of nitro groups is 1. The number of hydrogen-bond donors (Lipinski definition) is 1. The number of nitrogens with two attached hydrogens (primary N) is 1. The van der Waals surface area contributed by atoms with Gasteiger partial charge in [0.15, 0.2) is 0 Å². The summed E-state index contributed by atoms with van der Waals surface area (Å²) in [6, 6.07) is 1.47. The molecule has 0 saturated heterocycles. The van der Waals surface area contributed by atoms with Crippen molar-refractivity contribution in [3.8, 4) is 0 Å². The molecule has 0 fully saturated rings. The Kier molecular flexibility index (Phi) is 1.72. The van der Waals surface area contributed by atoms with E-state index in [1.165, 1.54) is 6.07 Å². The third-order valence-electron chi connectivity index (χ3n) is 1.25. The summed E-state index contributed by atoms with van der Waals surface area (Å²) >= 11 is 0. The lowest BCUT2D eigenvalue weighted by atomic mass is 10.3. The Bertz CT molecular complexity index is 298. The number of pyridine rings is 1. The van der Waals surface area contributed by atoms with Gasteiger partial charge in [-0.3, -0.25) is 15.1 Å². The maximum Gasteiger partial charge on any atom is 0.310 e. The maximum atomic E-state index is 10.2. The topological polar surface area (TPSA) is 82.0 Å². The molecule has 1 heterocycles. The molecule has 5 heteroatoms. The predicted octanol–water partition coefficient (Wildman–Crippen LogP) is 0.880. The highest BCUT2D eigenvalue weighted by Crippen LogP contribution is 2.18. The van der Waals surface area contributed by atoms with Gasteiger partial charge in [0, 0.05) is 5.69 Å². The van der Waals surface area contributed by atoms with E-state index in [4.69, 9.17) is 5.73 Å². The minimum absolute atomic E-state index is 0.143. The summed E-state index contributed by atoms with van der Waals surface area (Å²) in [6.07, 6.45) is 1.16. The molecule has 2 N–H and O–H groups in total. The average molecular weight is 153 g/mol. The van der Waals surface area contributed by atoms with Crippen molar-refractivity contribution in [2.24, 2.45) is 0 Å². The van der Waals surface area contributed by atoms with Crippen molar-refractivity contribution < 1.29 is 4.92 Å². The van der Waals surface area contributed by atoms with E-state index in [0.717, 1.165) is 6.20 Å². The lowest BCUT2D eigenvalue weighted by molar-refractivity contribution is -0.384. The molecule has 0 aliphatic rings. The average Bonchev–Trinajstić information content (AvgIpc) is 1.85. The van der Waals surface area contributed by atoms with E-state index in [2.05, 4.69) is 4.98 Å². The number of aryl methyl sites for hydroxylation is 1. The van der Waals surface area contributed by atoms with Gasteiger partial charge in [-0.25, -0.2) is 0 Å². The van der Waals surface area contributed by atoms with Gasteiger partial charge in [0.25, 0.3) is 0 Å². The Balaban J connectivity index is 3.20. The van der Waals surface area contributed by atoms with Crippen LogP contribution in [-0.2, 0) is 0 Å². The first-order valence-corrected chi connectivity index (χ1v) is 2.98. The van der Waals surface area contributed by atoms with Gasteiger partial charge >= 0.3 is 5.69 Å². The molecular weight excluding hydrogens is 146 g/mol. The lowest BCUT2D eigenvalue weighted by Gasteiger charge is -1.95. The largest absolute Gasteiger partial charge is 0.393 e. The molecule has 0 spiro atoms. The number of nitrogen functional groups attached to an aromatic ring is 1. The van der Waals surface area contributed by atoms with Crippen LogP contribution in [0.15, 0.2) is 12.3 Å². The summed E-state index contributed by atoms with van der Waals surface area (Å²) in [6.45, 7) is 1.72. The molecule has 58 valence electrons. The van der Waals surface area contributed by atoms with E-state index in [1.54, 1.807) is 6.92 Å². The van der Waals surface area contributed by atoms with Crippen molar-refractivity contribution in [2.45, 2.75) is 6.92 Å². The summed E-state index contributed by atoms with van der Waals surface area (Å²) < 4.78 is 0. The van der Waals surface area contributed by atoms with Crippen molar-refractivity contribution in [3.63, 3.8) is 0 Å². The normalized spacial score (nSPS) is 9.55. The van der Waals surface area contributed by atoms with Crippen LogP contribution in [0.4, 0.5) is 11.4 Å². The van der Waals surface area contributed by atoms with Gasteiger partial charge in [0.2, 0.25) is 0 Å². The monoisotopic (exact) mass is 153 g/mol. The first-order chi connectivity index (χ1) is 5.11. The first-order valence-electron chi connectivity index (χ1n) is 2.98. The van der Waals surface area contributed by atoms with Gasteiger partial charge in [0.05, 0.1) is 4.92 Å². The highest BCUT2D eigenvalue weighted by Gasteiger charge is 2.10. The van der Waals surface area contributed by atoms with Crippen molar-refractivity contribution in [1.82, 2.24) is 4.98 Å². The Hall–Kier alpha value is -1.65. The number of nitrogens with zero attached hydrogens (tertiary/aromatic N) is 2. The van der Waals surface area contributed by atoms with Gasteiger partial charge in [-0.2, -0.15) is 0 Å². The van der Waals surface area contributed by atoms with Crippen LogP contribution in [0.1, 0.15) is 5.69 Å². The molecule has 0 aromatic carbocycles. The van der Waals surface area contributed by atoms with Crippen molar-refractivity contribution in [2.75, 3.05) is 5.73 Å². The summed E-state index contributed by atoms with van der Waals surface area (Å²) in [7, 11) is 0. The highest BCUT2D eigenvalue weighted by atomic mass is 16.6. The van der Waals surface area contributed by atoms with Crippen LogP contribution in [0.3, 0.4) is 0 Å². The fourth-order valence-corrected chi connectivity index (χ4v) is 0.726. The minimum Gasteiger partial charge on any atom is -0.393 e. The Morgan fingerprint density at radius 3 is 2.82 bits per heavy atom. The van der Waals surface area contributed by atoms with Crippen LogP contribution >= 0.6 is 0 Å². The van der Waals surface area contributed by atoms with Crippen LogP contribution in [-0.4, -0.2) is 9.91 Å². The third-order valence-corrected chi connectivity index (χ3v) is 1.25. The molecule has 1 rings (SSSR count). The first kappa shape index (κ1) is 7.46. The van der Waals surface area contributed by atoms with Crippen LogP contribution in [0.5, 0.6) is 0 Å². The van der Waals surface area contributed by atoms with Gasteiger partial charge in [-0.05, 0) is 13.0 Å². The molecule has 11 heavy (non-hydrogen) atoms. The number of rotatable bonds is 1. The summed E-state index contributed by atoms with van der Waals surface area (Å²) in [5.74, 6) is 0. The zero-order valence-corrected chi connectivity index (χ0v) is 5.94. The molecule has 0 aliphatic heterocycles. The molecule has 1 aromatic rings. The lowest BCUT2D eigenvalue weighted by Crippen LogP contribution is -1.97. The van der Waals surface area contributed by atoms with E-state index in [0.29, 0.717) is 5.69 Å². The van der Waals surface area contributed by atoms with Gasteiger partial charge in [-0.15, -0.1) is 0 Å². The molecule has 0 unspecified atom stereocenters. The molecule has 0 bridgehead atoms. The number of anilines is 1. The fraction of sp³-hybridized carbons (Fsp3) is 0.167. The smallest absolute Gasteiger partial charge is 0.310 e. The summed E-state index contributed by atoms with van der Waals surface area (Å²) in [5.41, 5.74) is 6.03. The standard InChI is InChI=1S/C6H7N3O2/c1-4-2-5(7)6(3-8-4)9(10)11/h2-3H,1H3,(H2,7,8). The van der Waals surface area contributed by atoms with Gasteiger partial charge < -0.3 is 5.73 Å². The highest BCUT2D eigenvalue weighted by molar-refractivity contribution is 5.56. The molecule has 0 aliphatic carbocycles. The summed E-state index contributed by atoms with van der Waals surface area (Å²) in [5, 5.41) is 10.2. The molecule has 0 amide bonds. The Morgan fingerprint density at radius 2 is 2.36 bits per heavy atom. The van der Waals surface area contributed by atoms with E-state index in [9.17, 15) is 10.1 Å². The molecule has 1 aromatic heterocycles. The van der Waals surface area contributed by atoms with Gasteiger partial charge in [0.1, 0.15) is 11.9 Å². The number of aromatic nitrogens is 1. The second-order valence-corrected chi connectivity index (χ2v) is 2.14. The SMILES string of the molecule is Cc1cc(N)c([N+](=O)[O-])cn1. The molecule has 0 radical (unpaired) electrons. The van der Waals surface area contributed by atoms with Crippen LogP contribution in [0, 0.1) is 17.0 Å². The minimum atomic E-state index is -0.554. The van der Waals surface area contributed by atoms with Gasteiger partial charge in [-0.1, -0.05) is 0 Å². The van der Waals surface area contributed by atoms with Crippen LogP contribution < -0.4 is 5.73 Å². The van der Waals surface area contributed by atoms with E-state index < -0.39 is 4.92 Å². The second-order valence-electron chi connectivity index (χ2n) is 2.14.